The van der Waals surface area contributed by atoms with E-state index in [1.54, 1.807) is 12.4 Å². The third kappa shape index (κ3) is 2.49. The van der Waals surface area contributed by atoms with Gasteiger partial charge in [-0.25, -0.2) is 4.98 Å². The minimum absolute atomic E-state index is 0.426. The van der Waals surface area contributed by atoms with Crippen molar-refractivity contribution >= 4 is 11.6 Å². The van der Waals surface area contributed by atoms with E-state index in [-0.39, 0.29) is 0 Å². The summed E-state index contributed by atoms with van der Waals surface area (Å²) in [7, 11) is 0. The quantitative estimate of drug-likeness (QED) is 0.684. The number of benzene rings is 2. The Morgan fingerprint density at radius 2 is 1.21 bits per heavy atom. The third-order valence-electron chi connectivity index (χ3n) is 2.92. The number of rotatable bonds is 2. The van der Waals surface area contributed by atoms with Crippen molar-refractivity contribution in [3.05, 3.63) is 72.1 Å². The van der Waals surface area contributed by atoms with E-state index in [1.165, 1.54) is 11.1 Å². The number of halogens is 1. The molecule has 2 nitrogen and oxygen atoms in total. The van der Waals surface area contributed by atoms with Gasteiger partial charge in [0.15, 0.2) is 5.15 Å². The van der Waals surface area contributed by atoms with Crippen LogP contribution in [0.15, 0.2) is 67.0 Å². The highest BCUT2D eigenvalue weighted by Crippen LogP contribution is 2.26. The van der Waals surface area contributed by atoms with Crippen LogP contribution in [-0.2, 0) is 0 Å². The predicted molar refractivity (Wildman–Crippen MR) is 77.9 cm³/mol. The van der Waals surface area contributed by atoms with E-state index in [4.69, 9.17) is 11.6 Å². The molecule has 1 aromatic heterocycles. The third-order valence-corrected chi connectivity index (χ3v) is 3.20. The molecule has 1 heterocycles. The van der Waals surface area contributed by atoms with E-state index in [2.05, 4.69) is 34.2 Å². The molecule has 0 fully saturated rings. The van der Waals surface area contributed by atoms with Crippen LogP contribution in [0.4, 0.5) is 0 Å². The Hall–Kier alpha value is -2.19. The highest BCUT2D eigenvalue weighted by molar-refractivity contribution is 6.31. The van der Waals surface area contributed by atoms with Gasteiger partial charge in [-0.05, 0) is 11.1 Å². The molecular weight excluding hydrogens is 256 g/mol. The second-order valence-corrected chi connectivity index (χ2v) is 4.50. The van der Waals surface area contributed by atoms with Gasteiger partial charge < -0.3 is 0 Å². The van der Waals surface area contributed by atoms with Crippen LogP contribution in [0.5, 0.6) is 0 Å². The van der Waals surface area contributed by atoms with Crippen LogP contribution in [0.1, 0.15) is 0 Å². The fourth-order valence-corrected chi connectivity index (χ4v) is 2.18. The summed E-state index contributed by atoms with van der Waals surface area (Å²) in [5, 5.41) is 0.426. The van der Waals surface area contributed by atoms with Crippen molar-refractivity contribution in [3.8, 4) is 22.4 Å². The van der Waals surface area contributed by atoms with Crippen LogP contribution in [0.3, 0.4) is 0 Å². The molecule has 92 valence electrons. The zero-order valence-electron chi connectivity index (χ0n) is 10.1. The summed E-state index contributed by atoms with van der Waals surface area (Å²) < 4.78 is 0. The van der Waals surface area contributed by atoms with Gasteiger partial charge in [-0.15, -0.1) is 0 Å². The first-order valence-corrected chi connectivity index (χ1v) is 6.35. The first-order valence-electron chi connectivity index (χ1n) is 5.97. The molecule has 3 aromatic rings. The fraction of sp³-hybridized carbons (Fsp3) is 0. The molecule has 0 saturated heterocycles. The lowest BCUT2D eigenvalue weighted by molar-refractivity contribution is 1.21. The van der Waals surface area contributed by atoms with Crippen molar-refractivity contribution in [2.75, 3.05) is 0 Å². The summed E-state index contributed by atoms with van der Waals surface area (Å²) in [6.07, 6.45) is 3.23. The van der Waals surface area contributed by atoms with Gasteiger partial charge >= 0.3 is 0 Å². The molecule has 0 saturated carbocycles. The zero-order chi connectivity index (χ0) is 13.1. The van der Waals surface area contributed by atoms with Crippen molar-refractivity contribution in [2.24, 2.45) is 0 Å². The Kier molecular flexibility index (Phi) is 3.25. The van der Waals surface area contributed by atoms with Gasteiger partial charge in [0.1, 0.15) is 5.69 Å². The summed E-state index contributed by atoms with van der Waals surface area (Å²) in [4.78, 5) is 8.30. The largest absolute Gasteiger partial charge is 0.251 e. The first-order chi connectivity index (χ1) is 9.34. The number of hydrogen-bond donors (Lipinski definition) is 0. The van der Waals surface area contributed by atoms with Crippen molar-refractivity contribution in [1.29, 1.82) is 0 Å². The number of nitrogens with zero attached hydrogens (tertiary/aromatic N) is 2. The van der Waals surface area contributed by atoms with Crippen LogP contribution >= 0.6 is 11.6 Å². The fourth-order valence-electron chi connectivity index (χ4n) is 1.97. The number of hydrogen-bond acceptors (Lipinski definition) is 2. The van der Waals surface area contributed by atoms with Crippen LogP contribution in [0, 0.1) is 0 Å². The van der Waals surface area contributed by atoms with E-state index in [0.717, 1.165) is 5.56 Å². The molecule has 0 unspecified atom stereocenters. The van der Waals surface area contributed by atoms with Crippen LogP contribution in [0.25, 0.3) is 22.4 Å². The van der Waals surface area contributed by atoms with Gasteiger partial charge in [0.25, 0.3) is 0 Å². The van der Waals surface area contributed by atoms with E-state index in [1.807, 2.05) is 30.3 Å². The molecule has 0 aliphatic rings. The lowest BCUT2D eigenvalue weighted by Crippen LogP contribution is -1.87. The van der Waals surface area contributed by atoms with Crippen molar-refractivity contribution in [2.45, 2.75) is 0 Å². The van der Waals surface area contributed by atoms with Gasteiger partial charge in [0.05, 0.1) is 0 Å². The SMILES string of the molecule is Clc1nccnc1-c1ccc(-c2ccccc2)cc1. The molecule has 0 spiro atoms. The maximum absolute atomic E-state index is 6.04. The summed E-state index contributed by atoms with van der Waals surface area (Å²) in [6, 6.07) is 18.4. The van der Waals surface area contributed by atoms with Gasteiger partial charge in [0.2, 0.25) is 0 Å². The lowest BCUT2D eigenvalue weighted by atomic mass is 10.0. The Labute approximate surface area is 116 Å². The van der Waals surface area contributed by atoms with Gasteiger partial charge in [-0.2, -0.15) is 0 Å². The predicted octanol–water partition coefficient (Wildman–Crippen LogP) is 4.46. The minimum Gasteiger partial charge on any atom is -0.251 e. The molecule has 19 heavy (non-hydrogen) atoms. The van der Waals surface area contributed by atoms with Crippen LogP contribution < -0.4 is 0 Å². The molecule has 0 amide bonds. The maximum atomic E-state index is 6.04. The first kappa shape index (κ1) is 11.9. The molecule has 0 N–H and O–H groups in total. The number of aromatic nitrogens is 2. The van der Waals surface area contributed by atoms with Gasteiger partial charge in [-0.1, -0.05) is 66.2 Å². The zero-order valence-corrected chi connectivity index (χ0v) is 10.9. The molecule has 0 bridgehead atoms. The second-order valence-electron chi connectivity index (χ2n) is 4.14. The molecule has 3 heteroatoms. The molecule has 0 atom stereocenters. The molecule has 3 rings (SSSR count). The van der Waals surface area contributed by atoms with Gasteiger partial charge in [-0.3, -0.25) is 4.98 Å². The van der Waals surface area contributed by atoms with Crippen molar-refractivity contribution < 1.29 is 0 Å². The molecule has 0 aliphatic carbocycles. The van der Waals surface area contributed by atoms with Crippen LogP contribution in [-0.4, -0.2) is 9.97 Å². The molecular formula is C16H11ClN2. The maximum Gasteiger partial charge on any atom is 0.155 e. The van der Waals surface area contributed by atoms with Crippen LogP contribution in [0.2, 0.25) is 5.15 Å². The minimum atomic E-state index is 0.426. The smallest absolute Gasteiger partial charge is 0.155 e. The standard InChI is InChI=1S/C16H11ClN2/c17-16-15(18-10-11-19-16)14-8-6-13(7-9-14)12-4-2-1-3-5-12/h1-11H. The second kappa shape index (κ2) is 5.21. The topological polar surface area (TPSA) is 25.8 Å². The molecule has 2 aromatic carbocycles. The average molecular weight is 267 g/mol. The Balaban J connectivity index is 1.98. The molecule has 0 aliphatic heterocycles. The summed E-state index contributed by atoms with van der Waals surface area (Å²) in [5.41, 5.74) is 4.05. The highest BCUT2D eigenvalue weighted by atomic mass is 35.5. The summed E-state index contributed by atoms with van der Waals surface area (Å²) in [6.45, 7) is 0. The van der Waals surface area contributed by atoms with Crippen molar-refractivity contribution in [3.63, 3.8) is 0 Å². The average Bonchev–Trinajstić information content (AvgIpc) is 2.49. The summed E-state index contributed by atoms with van der Waals surface area (Å²) in [5.74, 6) is 0. The van der Waals surface area contributed by atoms with Crippen molar-refractivity contribution in [1.82, 2.24) is 9.97 Å². The normalized spacial score (nSPS) is 10.4. The Bertz CT molecular complexity index is 679. The van der Waals surface area contributed by atoms with E-state index in [0.29, 0.717) is 10.8 Å². The lowest BCUT2D eigenvalue weighted by Gasteiger charge is -2.05. The van der Waals surface area contributed by atoms with E-state index in [9.17, 15) is 0 Å². The molecule has 0 radical (unpaired) electrons. The van der Waals surface area contributed by atoms with Gasteiger partial charge in [0, 0.05) is 18.0 Å². The monoisotopic (exact) mass is 266 g/mol. The van der Waals surface area contributed by atoms with E-state index >= 15 is 0 Å². The Morgan fingerprint density at radius 1 is 0.632 bits per heavy atom. The Morgan fingerprint density at radius 3 is 1.89 bits per heavy atom. The highest BCUT2D eigenvalue weighted by Gasteiger charge is 2.05. The summed E-state index contributed by atoms with van der Waals surface area (Å²) >= 11 is 6.04. The van der Waals surface area contributed by atoms with E-state index < -0.39 is 0 Å².